The molecule has 0 heterocycles. The maximum absolute atomic E-state index is 3.45. The molecule has 2 nitrogen and oxygen atoms in total. The molecule has 0 aromatic heterocycles. The maximum atomic E-state index is 3.45. The Bertz CT molecular complexity index is 205. The summed E-state index contributed by atoms with van der Waals surface area (Å²) in [6.07, 6.45) is 8.21. The smallest absolute Gasteiger partial charge is 0.00964 e. The lowest BCUT2D eigenvalue weighted by atomic mass is 9.89. The molecule has 0 unspecified atom stereocenters. The molecule has 2 heteroatoms. The molecule has 0 saturated heterocycles. The van der Waals surface area contributed by atoms with E-state index >= 15 is 0 Å². The van der Waals surface area contributed by atoms with Crippen molar-refractivity contribution in [3.05, 3.63) is 0 Å². The van der Waals surface area contributed by atoms with Crippen LogP contribution in [0.3, 0.4) is 0 Å². The van der Waals surface area contributed by atoms with Crippen molar-refractivity contribution in [1.82, 2.24) is 10.2 Å². The monoisotopic (exact) mass is 268 g/mol. The van der Waals surface area contributed by atoms with Gasteiger partial charge in [0.05, 0.1) is 0 Å². The van der Waals surface area contributed by atoms with Crippen LogP contribution < -0.4 is 5.32 Å². The van der Waals surface area contributed by atoms with E-state index < -0.39 is 0 Å². The summed E-state index contributed by atoms with van der Waals surface area (Å²) in [5.41, 5.74) is 0. The van der Waals surface area contributed by atoms with E-state index in [0.717, 1.165) is 23.9 Å². The van der Waals surface area contributed by atoms with Crippen LogP contribution in [0.25, 0.3) is 0 Å². The molecule has 1 N–H and O–H groups in total. The minimum Gasteiger partial charge on any atom is -0.317 e. The van der Waals surface area contributed by atoms with Crippen LogP contribution in [0, 0.1) is 11.8 Å². The Kier molecular flexibility index (Phi) is 8.01. The summed E-state index contributed by atoms with van der Waals surface area (Å²) in [6, 6.07) is 1.62. The number of nitrogens with one attached hydrogen (secondary N) is 1. The number of rotatable bonds is 8. The van der Waals surface area contributed by atoms with Gasteiger partial charge >= 0.3 is 0 Å². The van der Waals surface area contributed by atoms with Gasteiger partial charge in [0.25, 0.3) is 0 Å². The largest absolute Gasteiger partial charge is 0.317 e. The van der Waals surface area contributed by atoms with Gasteiger partial charge < -0.3 is 10.2 Å². The highest BCUT2D eigenvalue weighted by Gasteiger charge is 2.24. The quantitative estimate of drug-likeness (QED) is 0.718. The van der Waals surface area contributed by atoms with E-state index in [2.05, 4.69) is 45.0 Å². The van der Waals surface area contributed by atoms with Crippen molar-refractivity contribution in [2.45, 2.75) is 78.3 Å². The fourth-order valence-corrected chi connectivity index (χ4v) is 3.05. The average molecular weight is 268 g/mol. The molecule has 1 fully saturated rings. The van der Waals surface area contributed by atoms with Gasteiger partial charge in [0.1, 0.15) is 0 Å². The second-order valence-electron chi connectivity index (χ2n) is 7.20. The molecular formula is C17H36N2. The molecule has 0 spiro atoms. The standard InChI is InChI=1S/C17H36N2/c1-14(2)10-12-19(13-11-15(3)4)17-8-6-16(18-5)7-9-17/h14-18H,6-13H2,1-5H3. The highest BCUT2D eigenvalue weighted by atomic mass is 15.2. The fourth-order valence-electron chi connectivity index (χ4n) is 3.05. The number of hydrogen-bond acceptors (Lipinski definition) is 2. The van der Waals surface area contributed by atoms with Crippen LogP contribution in [0.4, 0.5) is 0 Å². The lowest BCUT2D eigenvalue weighted by molar-refractivity contribution is 0.132. The Morgan fingerprint density at radius 3 is 1.74 bits per heavy atom. The van der Waals surface area contributed by atoms with Crippen LogP contribution in [0.2, 0.25) is 0 Å². The van der Waals surface area contributed by atoms with E-state index in [9.17, 15) is 0 Å². The molecule has 1 saturated carbocycles. The lowest BCUT2D eigenvalue weighted by Gasteiger charge is -2.37. The van der Waals surface area contributed by atoms with Gasteiger partial charge in [0.2, 0.25) is 0 Å². The summed E-state index contributed by atoms with van der Waals surface area (Å²) in [5, 5.41) is 3.45. The summed E-state index contributed by atoms with van der Waals surface area (Å²) in [6.45, 7) is 12.0. The SMILES string of the molecule is CNC1CCC(N(CCC(C)C)CCC(C)C)CC1. The zero-order chi connectivity index (χ0) is 14.3. The van der Waals surface area contributed by atoms with Gasteiger partial charge in [-0.3, -0.25) is 0 Å². The molecule has 0 radical (unpaired) electrons. The van der Waals surface area contributed by atoms with E-state index in [-0.39, 0.29) is 0 Å². The van der Waals surface area contributed by atoms with E-state index in [1.54, 1.807) is 0 Å². The first-order valence-corrected chi connectivity index (χ1v) is 8.44. The first kappa shape index (κ1) is 17.0. The Morgan fingerprint density at radius 2 is 1.37 bits per heavy atom. The topological polar surface area (TPSA) is 15.3 Å². The summed E-state index contributed by atoms with van der Waals surface area (Å²) in [7, 11) is 2.11. The van der Waals surface area contributed by atoms with E-state index in [4.69, 9.17) is 0 Å². The summed E-state index contributed by atoms with van der Waals surface area (Å²) >= 11 is 0. The predicted octanol–water partition coefficient (Wildman–Crippen LogP) is 3.91. The summed E-state index contributed by atoms with van der Waals surface area (Å²) < 4.78 is 0. The van der Waals surface area contributed by atoms with Gasteiger partial charge in [-0.15, -0.1) is 0 Å². The third-order valence-electron chi connectivity index (χ3n) is 4.61. The zero-order valence-electron chi connectivity index (χ0n) is 13.9. The molecule has 0 aromatic rings. The highest BCUT2D eigenvalue weighted by molar-refractivity contribution is 4.82. The maximum Gasteiger partial charge on any atom is 0.00964 e. The fraction of sp³-hybridized carbons (Fsp3) is 1.00. The Labute approximate surface area is 121 Å². The molecule has 114 valence electrons. The van der Waals surface area contributed by atoms with Gasteiger partial charge in [-0.05, 0) is 70.5 Å². The minimum atomic E-state index is 0.772. The molecule has 0 amide bonds. The van der Waals surface area contributed by atoms with Crippen molar-refractivity contribution in [2.24, 2.45) is 11.8 Å². The van der Waals surface area contributed by atoms with Crippen LogP contribution in [-0.2, 0) is 0 Å². The van der Waals surface area contributed by atoms with Gasteiger partial charge in [-0.1, -0.05) is 27.7 Å². The molecule has 1 rings (SSSR count). The molecule has 0 aromatic carbocycles. The van der Waals surface area contributed by atoms with E-state index in [1.807, 2.05) is 0 Å². The minimum absolute atomic E-state index is 0.772. The van der Waals surface area contributed by atoms with Gasteiger partial charge in [-0.2, -0.15) is 0 Å². The van der Waals surface area contributed by atoms with Gasteiger partial charge in [0, 0.05) is 12.1 Å². The van der Waals surface area contributed by atoms with Crippen LogP contribution in [0.1, 0.15) is 66.2 Å². The molecule has 0 aliphatic heterocycles. The number of nitrogens with zero attached hydrogens (tertiary/aromatic N) is 1. The summed E-state index contributed by atoms with van der Waals surface area (Å²) in [5.74, 6) is 1.66. The van der Waals surface area contributed by atoms with E-state index in [0.29, 0.717) is 0 Å². The predicted molar refractivity (Wildman–Crippen MR) is 85.6 cm³/mol. The zero-order valence-corrected chi connectivity index (χ0v) is 13.9. The van der Waals surface area contributed by atoms with Gasteiger partial charge in [-0.25, -0.2) is 0 Å². The molecular weight excluding hydrogens is 232 g/mol. The van der Waals surface area contributed by atoms with Crippen molar-refractivity contribution < 1.29 is 0 Å². The first-order valence-electron chi connectivity index (χ1n) is 8.44. The Balaban J connectivity index is 2.42. The molecule has 1 aliphatic rings. The normalized spacial score (nSPS) is 24.6. The van der Waals surface area contributed by atoms with Crippen LogP contribution in [0.5, 0.6) is 0 Å². The van der Waals surface area contributed by atoms with E-state index in [1.165, 1.54) is 51.6 Å². The van der Waals surface area contributed by atoms with Crippen molar-refractivity contribution in [3.8, 4) is 0 Å². The first-order chi connectivity index (χ1) is 9.02. The van der Waals surface area contributed by atoms with Crippen LogP contribution in [-0.4, -0.2) is 37.1 Å². The second kappa shape index (κ2) is 8.97. The second-order valence-corrected chi connectivity index (χ2v) is 7.20. The highest BCUT2D eigenvalue weighted by Crippen LogP contribution is 2.24. The van der Waals surface area contributed by atoms with Gasteiger partial charge in [0.15, 0.2) is 0 Å². The lowest BCUT2D eigenvalue weighted by Crippen LogP contribution is -2.43. The van der Waals surface area contributed by atoms with Crippen LogP contribution in [0.15, 0.2) is 0 Å². The van der Waals surface area contributed by atoms with Crippen molar-refractivity contribution >= 4 is 0 Å². The summed E-state index contributed by atoms with van der Waals surface area (Å²) in [4.78, 5) is 2.80. The van der Waals surface area contributed by atoms with Crippen LogP contribution >= 0.6 is 0 Å². The molecule has 0 bridgehead atoms. The van der Waals surface area contributed by atoms with Crippen molar-refractivity contribution in [2.75, 3.05) is 20.1 Å². The average Bonchev–Trinajstić information content (AvgIpc) is 2.38. The third-order valence-corrected chi connectivity index (χ3v) is 4.61. The Hall–Kier alpha value is -0.0800. The molecule has 1 aliphatic carbocycles. The number of hydrogen-bond donors (Lipinski definition) is 1. The molecule has 0 atom stereocenters. The van der Waals surface area contributed by atoms with Crippen molar-refractivity contribution in [1.29, 1.82) is 0 Å². The Morgan fingerprint density at radius 1 is 0.895 bits per heavy atom. The van der Waals surface area contributed by atoms with Crippen molar-refractivity contribution in [3.63, 3.8) is 0 Å². The third kappa shape index (κ3) is 6.76. The molecule has 19 heavy (non-hydrogen) atoms.